The minimum atomic E-state index is -6.18. The first-order valence-corrected chi connectivity index (χ1v) is 18.2. The number of ether oxygens (including phenoxy) is 3. The van der Waals surface area contributed by atoms with Crippen LogP contribution in [0.4, 0.5) is 55.9 Å². The molecule has 3 heterocycles. The number of nitrogens with zero attached hydrogens (tertiary/aromatic N) is 4. The van der Waals surface area contributed by atoms with Gasteiger partial charge in [-0.1, -0.05) is 6.92 Å². The molecule has 2 aromatic heterocycles. The maximum absolute atomic E-state index is 13.7. The van der Waals surface area contributed by atoms with Crippen LogP contribution in [0.1, 0.15) is 80.6 Å². The number of hydrogen-bond acceptors (Lipinski definition) is 12. The number of rotatable bonds is 14. The summed E-state index contributed by atoms with van der Waals surface area (Å²) in [5, 5.41) is 2.87. The van der Waals surface area contributed by atoms with Gasteiger partial charge in [-0.3, -0.25) is 9.69 Å². The molecule has 0 saturated carbocycles. The van der Waals surface area contributed by atoms with Crippen LogP contribution in [0.2, 0.25) is 0 Å². The molecule has 4 rings (SSSR count). The molecule has 0 radical (unpaired) electrons. The van der Waals surface area contributed by atoms with Gasteiger partial charge in [-0.2, -0.15) is 47.9 Å². The SMILES string of the molecule is CCOC(=O)CCCOc1cnc(N[C@H]2C[C@@H](CC)N(C(=O)OCC)c3ccc(OS(=O)(=O)C(F)(F)F)nc32)nc1Cc1cc(C(F)(F)F)cc(C(F)(F)F)c1. The first-order chi connectivity index (χ1) is 26.1. The molecule has 13 nitrogen and oxygen atoms in total. The van der Waals surface area contributed by atoms with E-state index in [0.717, 1.165) is 23.2 Å². The van der Waals surface area contributed by atoms with Gasteiger partial charge in [0.2, 0.25) is 11.8 Å². The normalized spacial score (nSPS) is 16.2. The highest BCUT2D eigenvalue weighted by molar-refractivity contribution is 7.87. The molecule has 1 aromatic carbocycles. The second-order valence-electron chi connectivity index (χ2n) is 12.0. The Balaban J connectivity index is 1.79. The molecule has 1 amide bonds. The topological polar surface area (TPSA) is 159 Å². The number of alkyl halides is 9. The Bertz CT molecular complexity index is 1960. The van der Waals surface area contributed by atoms with Crippen LogP contribution >= 0.6 is 0 Å². The highest BCUT2D eigenvalue weighted by Gasteiger charge is 2.49. The number of aromatic nitrogens is 3. The van der Waals surface area contributed by atoms with Crippen molar-refractivity contribution in [1.82, 2.24) is 15.0 Å². The number of benzene rings is 1. The minimum absolute atomic E-state index is 0.0266. The van der Waals surface area contributed by atoms with Gasteiger partial charge in [0, 0.05) is 24.9 Å². The van der Waals surface area contributed by atoms with E-state index >= 15 is 0 Å². The van der Waals surface area contributed by atoms with Crippen LogP contribution in [0.25, 0.3) is 0 Å². The molecule has 1 aliphatic heterocycles. The van der Waals surface area contributed by atoms with Crippen molar-refractivity contribution in [3.63, 3.8) is 0 Å². The monoisotopic (exact) mass is 831 g/mol. The predicted octanol–water partition coefficient (Wildman–Crippen LogP) is 7.75. The summed E-state index contributed by atoms with van der Waals surface area (Å²) in [6, 6.07) is 1.05. The van der Waals surface area contributed by atoms with Gasteiger partial charge in [0.1, 0.15) is 0 Å². The average molecular weight is 832 g/mol. The first kappa shape index (κ1) is 43.6. The van der Waals surface area contributed by atoms with Crippen molar-refractivity contribution in [2.24, 2.45) is 0 Å². The van der Waals surface area contributed by atoms with Gasteiger partial charge >= 0.3 is 40.0 Å². The highest BCUT2D eigenvalue weighted by atomic mass is 32.2. The zero-order valence-electron chi connectivity index (χ0n) is 29.6. The Hall–Kier alpha value is -5.09. The van der Waals surface area contributed by atoms with Crippen molar-refractivity contribution in [3.05, 3.63) is 64.6 Å². The van der Waals surface area contributed by atoms with E-state index in [4.69, 9.17) is 14.2 Å². The Morgan fingerprint density at radius 2 is 1.55 bits per heavy atom. The van der Waals surface area contributed by atoms with Crippen molar-refractivity contribution >= 4 is 33.8 Å². The van der Waals surface area contributed by atoms with Gasteiger partial charge < -0.3 is 23.7 Å². The molecule has 0 aliphatic carbocycles. The second kappa shape index (κ2) is 17.4. The third-order valence-corrected chi connectivity index (χ3v) is 8.95. The van der Waals surface area contributed by atoms with Crippen molar-refractivity contribution < 1.29 is 75.9 Å². The molecule has 1 N–H and O–H groups in total. The van der Waals surface area contributed by atoms with Crippen LogP contribution in [-0.4, -0.2) is 66.8 Å². The van der Waals surface area contributed by atoms with Gasteiger partial charge in [0.15, 0.2) is 5.75 Å². The van der Waals surface area contributed by atoms with E-state index in [1.54, 1.807) is 13.8 Å². The predicted molar refractivity (Wildman–Crippen MR) is 177 cm³/mol. The summed E-state index contributed by atoms with van der Waals surface area (Å²) in [6.45, 7) is 4.70. The Morgan fingerprint density at radius 1 is 0.911 bits per heavy atom. The smallest absolute Gasteiger partial charge is 0.490 e. The number of esters is 1. The molecule has 2 atom stereocenters. The second-order valence-corrected chi connectivity index (χ2v) is 13.5. The van der Waals surface area contributed by atoms with Crippen LogP contribution in [-0.2, 0) is 43.2 Å². The summed E-state index contributed by atoms with van der Waals surface area (Å²) in [6.07, 6.45) is -10.6. The number of carbonyl (C=O) groups is 2. The number of carbonyl (C=O) groups excluding carboxylic acids is 2. The lowest BCUT2D eigenvalue weighted by molar-refractivity contribution is -0.144. The van der Waals surface area contributed by atoms with E-state index in [-0.39, 0.29) is 80.3 Å². The number of amides is 1. The zero-order valence-corrected chi connectivity index (χ0v) is 30.5. The standard InChI is InChI=1S/C33H34F9N5O8S/c1-4-21-16-23(28-24(47(21)30(49)53-6-3)9-10-26(46-28)55-56(50,51)33(40,41)42)45-29-43-17-25(54-11-7-8-27(48)52-5-2)22(44-29)14-18-12-19(31(34,35)36)15-20(13-18)32(37,38)39/h9-10,12-13,15,17,21,23H,4-8,11,14,16H2,1-3H3,(H,43,44,45)/t21-,23+/m1/s1. The third kappa shape index (κ3) is 10.8. The fourth-order valence-electron chi connectivity index (χ4n) is 5.54. The molecule has 0 unspecified atom stereocenters. The summed E-state index contributed by atoms with van der Waals surface area (Å²) in [7, 11) is -6.18. The Morgan fingerprint density at radius 3 is 2.12 bits per heavy atom. The van der Waals surface area contributed by atoms with Crippen LogP contribution in [0, 0.1) is 0 Å². The number of halogens is 9. The lowest BCUT2D eigenvalue weighted by Gasteiger charge is -2.39. The van der Waals surface area contributed by atoms with Crippen molar-refractivity contribution in [2.45, 2.75) is 82.8 Å². The van der Waals surface area contributed by atoms with Crippen LogP contribution in [0.3, 0.4) is 0 Å². The molecule has 56 heavy (non-hydrogen) atoms. The van der Waals surface area contributed by atoms with E-state index in [1.165, 1.54) is 6.92 Å². The van der Waals surface area contributed by atoms with E-state index in [9.17, 15) is 57.5 Å². The summed E-state index contributed by atoms with van der Waals surface area (Å²) < 4.78 is 165. The Kier molecular flexibility index (Phi) is 13.5. The summed E-state index contributed by atoms with van der Waals surface area (Å²) in [4.78, 5) is 38.3. The summed E-state index contributed by atoms with van der Waals surface area (Å²) in [5.41, 5.74) is -9.93. The molecule has 308 valence electrons. The van der Waals surface area contributed by atoms with Gasteiger partial charge in [0.05, 0.1) is 60.3 Å². The van der Waals surface area contributed by atoms with Crippen molar-refractivity contribution in [2.75, 3.05) is 30.0 Å². The fraction of sp³-hybridized carbons (Fsp3) is 0.485. The van der Waals surface area contributed by atoms with Crippen LogP contribution in [0.15, 0.2) is 36.5 Å². The molecule has 1 aliphatic rings. The molecule has 3 aromatic rings. The fourth-order valence-corrected chi connectivity index (χ4v) is 5.96. The number of hydrogen-bond donors (Lipinski definition) is 1. The zero-order chi connectivity index (χ0) is 41.6. The Labute approximate surface area is 313 Å². The van der Waals surface area contributed by atoms with Gasteiger partial charge in [0.25, 0.3) is 0 Å². The largest absolute Gasteiger partial charge is 0.534 e. The highest BCUT2D eigenvalue weighted by Crippen LogP contribution is 2.41. The van der Waals surface area contributed by atoms with Crippen molar-refractivity contribution in [3.8, 4) is 11.6 Å². The number of anilines is 2. The van der Waals surface area contributed by atoms with Crippen LogP contribution < -0.4 is 19.1 Å². The minimum Gasteiger partial charge on any atom is -0.490 e. The summed E-state index contributed by atoms with van der Waals surface area (Å²) >= 11 is 0. The lowest BCUT2D eigenvalue weighted by Crippen LogP contribution is -2.46. The van der Waals surface area contributed by atoms with E-state index < -0.39 is 81.1 Å². The molecule has 23 heteroatoms. The molecule has 0 bridgehead atoms. The van der Waals surface area contributed by atoms with Gasteiger partial charge in [-0.05, 0) is 62.9 Å². The first-order valence-electron chi connectivity index (χ1n) is 16.7. The molecule has 0 spiro atoms. The number of fused-ring (bicyclic) bond motifs is 1. The van der Waals surface area contributed by atoms with Gasteiger partial charge in [-0.25, -0.2) is 19.7 Å². The summed E-state index contributed by atoms with van der Waals surface area (Å²) in [5.74, 6) is -2.08. The van der Waals surface area contributed by atoms with E-state index in [1.807, 2.05) is 0 Å². The molecule has 0 saturated heterocycles. The maximum Gasteiger partial charge on any atom is 0.534 e. The van der Waals surface area contributed by atoms with E-state index in [2.05, 4.69) is 24.5 Å². The maximum atomic E-state index is 13.7. The van der Waals surface area contributed by atoms with Crippen LogP contribution in [0.5, 0.6) is 11.6 Å². The molecular formula is C33H34F9N5O8S. The molecular weight excluding hydrogens is 797 g/mol. The van der Waals surface area contributed by atoms with Crippen molar-refractivity contribution in [1.29, 1.82) is 0 Å². The van der Waals surface area contributed by atoms with E-state index in [0.29, 0.717) is 12.1 Å². The number of nitrogens with one attached hydrogen (secondary N) is 1. The quantitative estimate of drug-likeness (QED) is 0.0555. The average Bonchev–Trinajstić information content (AvgIpc) is 3.09. The van der Waals surface area contributed by atoms with Gasteiger partial charge in [-0.15, -0.1) is 0 Å². The number of pyridine rings is 1. The lowest BCUT2D eigenvalue weighted by atomic mass is 9.93. The third-order valence-electron chi connectivity index (χ3n) is 7.99. The molecule has 0 fully saturated rings.